The number of carbonyl (C=O) groups is 2. The van der Waals surface area contributed by atoms with Crippen LogP contribution in [0.2, 0.25) is 0 Å². The van der Waals surface area contributed by atoms with Crippen LogP contribution in [0, 0.1) is 5.82 Å². The van der Waals surface area contributed by atoms with Crippen LogP contribution in [0.4, 0.5) is 10.1 Å². The molecule has 9 heteroatoms. The van der Waals surface area contributed by atoms with E-state index >= 15 is 0 Å². The number of sulfonamides is 1. The van der Waals surface area contributed by atoms with Gasteiger partial charge >= 0.3 is 0 Å². The number of rotatable bonds is 10. The van der Waals surface area contributed by atoms with Crippen molar-refractivity contribution in [1.29, 1.82) is 0 Å². The summed E-state index contributed by atoms with van der Waals surface area (Å²) in [6, 6.07) is 17.3. The Bertz CT molecular complexity index is 1290. The van der Waals surface area contributed by atoms with Crippen LogP contribution in [0.1, 0.15) is 25.8 Å². The van der Waals surface area contributed by atoms with Crippen molar-refractivity contribution in [2.75, 3.05) is 23.7 Å². The van der Waals surface area contributed by atoms with Crippen molar-refractivity contribution in [3.05, 3.63) is 78.1 Å². The summed E-state index contributed by atoms with van der Waals surface area (Å²) in [6.45, 7) is 3.50. The molecule has 0 spiro atoms. The third kappa shape index (κ3) is 6.57. The van der Waals surface area contributed by atoms with E-state index in [0.717, 1.165) is 22.4 Å². The van der Waals surface area contributed by atoms with Crippen LogP contribution in [0.25, 0.3) is 10.8 Å². The Morgan fingerprint density at radius 2 is 1.66 bits per heavy atom. The monoisotopic (exact) mass is 499 g/mol. The number of fused-ring (bicyclic) bond motifs is 1. The highest BCUT2D eigenvalue weighted by atomic mass is 32.2. The van der Waals surface area contributed by atoms with Crippen molar-refractivity contribution in [3.63, 3.8) is 0 Å². The van der Waals surface area contributed by atoms with Crippen LogP contribution < -0.4 is 9.62 Å². The van der Waals surface area contributed by atoms with Gasteiger partial charge in [0.05, 0.1) is 11.9 Å². The molecule has 0 aliphatic heterocycles. The Labute approximate surface area is 205 Å². The molecule has 0 bridgehead atoms. The minimum atomic E-state index is -3.84. The van der Waals surface area contributed by atoms with Crippen molar-refractivity contribution in [2.45, 2.75) is 32.9 Å². The molecule has 3 aromatic carbocycles. The molecule has 1 atom stereocenters. The lowest BCUT2D eigenvalue weighted by molar-refractivity contribution is -0.139. The maximum Gasteiger partial charge on any atom is 0.244 e. The molecule has 0 aliphatic carbocycles. The number of halogens is 1. The zero-order chi connectivity index (χ0) is 25.6. The van der Waals surface area contributed by atoms with Gasteiger partial charge in [0.25, 0.3) is 0 Å². The lowest BCUT2D eigenvalue weighted by atomic mass is 10.1. The molecule has 0 aromatic heterocycles. The number of nitrogens with zero attached hydrogens (tertiary/aromatic N) is 2. The fraction of sp³-hybridized carbons (Fsp3) is 0.308. The average Bonchev–Trinajstić information content (AvgIpc) is 2.84. The fourth-order valence-electron chi connectivity index (χ4n) is 3.79. The van der Waals surface area contributed by atoms with Crippen LogP contribution in [0.15, 0.2) is 66.7 Å². The smallest absolute Gasteiger partial charge is 0.244 e. The Morgan fingerprint density at radius 1 is 1.00 bits per heavy atom. The SMILES string of the molecule is CCCNC(=O)[C@H](C)N(Cc1ccc(F)cc1)C(=O)CN(c1cccc2ccccc12)S(C)(=O)=O. The number of carbonyl (C=O) groups excluding carboxylic acids is 2. The summed E-state index contributed by atoms with van der Waals surface area (Å²) < 4.78 is 40.1. The van der Waals surface area contributed by atoms with Gasteiger partial charge in [-0.1, -0.05) is 55.5 Å². The van der Waals surface area contributed by atoms with Gasteiger partial charge < -0.3 is 10.2 Å². The Balaban J connectivity index is 1.97. The van der Waals surface area contributed by atoms with E-state index in [0.29, 0.717) is 23.2 Å². The summed E-state index contributed by atoms with van der Waals surface area (Å²) in [5.74, 6) is -1.32. The average molecular weight is 500 g/mol. The molecule has 0 fully saturated rings. The summed E-state index contributed by atoms with van der Waals surface area (Å²) in [7, 11) is -3.84. The van der Waals surface area contributed by atoms with E-state index in [4.69, 9.17) is 0 Å². The largest absolute Gasteiger partial charge is 0.354 e. The van der Waals surface area contributed by atoms with Gasteiger partial charge in [0.1, 0.15) is 18.4 Å². The number of hydrogen-bond donors (Lipinski definition) is 1. The second-order valence-corrected chi connectivity index (χ2v) is 10.3. The second-order valence-electron chi connectivity index (χ2n) is 8.38. The first-order valence-corrected chi connectivity index (χ1v) is 13.2. The zero-order valence-corrected chi connectivity index (χ0v) is 20.9. The highest BCUT2D eigenvalue weighted by Crippen LogP contribution is 2.28. The van der Waals surface area contributed by atoms with Crippen molar-refractivity contribution in [3.8, 4) is 0 Å². The summed E-state index contributed by atoms with van der Waals surface area (Å²) in [4.78, 5) is 27.6. The minimum absolute atomic E-state index is 0.0208. The first-order chi connectivity index (χ1) is 16.6. The number of hydrogen-bond acceptors (Lipinski definition) is 4. The molecular weight excluding hydrogens is 469 g/mol. The molecule has 2 amide bonds. The molecule has 0 unspecified atom stereocenters. The first kappa shape index (κ1) is 26.2. The number of nitrogens with one attached hydrogen (secondary N) is 1. The first-order valence-electron chi connectivity index (χ1n) is 11.4. The van der Waals surface area contributed by atoms with Gasteiger partial charge in [-0.2, -0.15) is 0 Å². The molecule has 0 aliphatic rings. The number of amides is 2. The van der Waals surface area contributed by atoms with E-state index in [2.05, 4.69) is 5.32 Å². The summed E-state index contributed by atoms with van der Waals surface area (Å²) >= 11 is 0. The topological polar surface area (TPSA) is 86.8 Å². The fourth-order valence-corrected chi connectivity index (χ4v) is 4.65. The van der Waals surface area contributed by atoms with Crippen LogP contribution in [0.5, 0.6) is 0 Å². The van der Waals surface area contributed by atoms with Gasteiger partial charge in [-0.3, -0.25) is 13.9 Å². The van der Waals surface area contributed by atoms with E-state index in [9.17, 15) is 22.4 Å². The number of anilines is 1. The molecule has 0 radical (unpaired) electrons. The summed E-state index contributed by atoms with van der Waals surface area (Å²) in [5.41, 5.74) is 0.995. The van der Waals surface area contributed by atoms with Gasteiger partial charge in [0.2, 0.25) is 21.8 Å². The highest BCUT2D eigenvalue weighted by molar-refractivity contribution is 7.92. The molecule has 0 saturated carbocycles. The van der Waals surface area contributed by atoms with E-state index < -0.39 is 34.3 Å². The lowest BCUT2D eigenvalue weighted by Gasteiger charge is -2.31. The molecular formula is C26H30FN3O4S. The molecule has 35 heavy (non-hydrogen) atoms. The van der Waals surface area contributed by atoms with Crippen LogP contribution in [-0.2, 0) is 26.2 Å². The minimum Gasteiger partial charge on any atom is -0.354 e. The molecule has 3 aromatic rings. The van der Waals surface area contributed by atoms with Gasteiger partial charge in [-0.25, -0.2) is 12.8 Å². The summed E-state index contributed by atoms with van der Waals surface area (Å²) in [6.07, 6.45) is 1.77. The normalized spacial score (nSPS) is 12.2. The Kier molecular flexibility index (Phi) is 8.45. The van der Waals surface area contributed by atoms with Gasteiger partial charge in [0.15, 0.2) is 0 Å². The quantitative estimate of drug-likeness (QED) is 0.461. The maximum atomic E-state index is 13.6. The van der Waals surface area contributed by atoms with E-state index in [1.165, 1.54) is 29.2 Å². The number of benzene rings is 3. The lowest BCUT2D eigenvalue weighted by Crippen LogP contribution is -2.51. The maximum absolute atomic E-state index is 13.6. The van der Waals surface area contributed by atoms with E-state index in [1.807, 2.05) is 25.1 Å². The third-order valence-corrected chi connectivity index (χ3v) is 6.82. The van der Waals surface area contributed by atoms with Crippen molar-refractivity contribution < 1.29 is 22.4 Å². The van der Waals surface area contributed by atoms with Crippen LogP contribution >= 0.6 is 0 Å². The third-order valence-electron chi connectivity index (χ3n) is 5.70. The zero-order valence-electron chi connectivity index (χ0n) is 20.1. The molecule has 1 N–H and O–H groups in total. The van der Waals surface area contributed by atoms with Gasteiger partial charge in [-0.05, 0) is 42.5 Å². The van der Waals surface area contributed by atoms with Crippen LogP contribution in [0.3, 0.4) is 0 Å². The Morgan fingerprint density at radius 3 is 2.31 bits per heavy atom. The molecule has 3 rings (SSSR count). The van der Waals surface area contributed by atoms with Gasteiger partial charge in [-0.15, -0.1) is 0 Å². The molecule has 0 saturated heterocycles. The van der Waals surface area contributed by atoms with E-state index in [1.54, 1.807) is 31.2 Å². The van der Waals surface area contributed by atoms with Crippen molar-refractivity contribution >= 4 is 38.3 Å². The molecule has 186 valence electrons. The second kappa shape index (κ2) is 11.3. The summed E-state index contributed by atoms with van der Waals surface area (Å²) in [5, 5.41) is 4.30. The Hall–Kier alpha value is -3.46. The molecule has 0 heterocycles. The predicted octanol–water partition coefficient (Wildman–Crippen LogP) is 3.69. The molecule has 7 nitrogen and oxygen atoms in total. The van der Waals surface area contributed by atoms with Gasteiger partial charge in [0, 0.05) is 18.5 Å². The van der Waals surface area contributed by atoms with E-state index in [-0.39, 0.29) is 12.5 Å². The van der Waals surface area contributed by atoms with Crippen molar-refractivity contribution in [2.24, 2.45) is 0 Å². The predicted molar refractivity (Wildman–Crippen MR) is 136 cm³/mol. The standard InChI is InChI=1S/C26H30FN3O4S/c1-4-16-28-26(32)19(2)29(17-20-12-14-22(27)15-13-20)25(31)18-30(35(3,33)34)24-11-7-9-21-8-5-6-10-23(21)24/h5-15,19H,4,16-18H2,1-3H3,(H,28,32)/t19-/m0/s1. The van der Waals surface area contributed by atoms with Crippen molar-refractivity contribution in [1.82, 2.24) is 10.2 Å². The highest BCUT2D eigenvalue weighted by Gasteiger charge is 2.30. The van der Waals surface area contributed by atoms with Crippen LogP contribution in [-0.4, -0.2) is 50.5 Å².